The predicted molar refractivity (Wildman–Crippen MR) is 133 cm³/mol. The van der Waals surface area contributed by atoms with Gasteiger partial charge >= 0.3 is 0 Å². The van der Waals surface area contributed by atoms with Crippen LogP contribution in [-0.4, -0.2) is 116 Å². The molecular formula is C27H42O11. The Morgan fingerprint density at radius 2 is 1.50 bits per heavy atom. The predicted octanol–water partition coefficient (Wildman–Crippen LogP) is 1.90. The fourth-order valence-electron chi connectivity index (χ4n) is 5.32. The molecule has 1 aromatic rings. The monoisotopic (exact) mass is 542 g/mol. The minimum absolute atomic E-state index is 0.236. The molecular weight excluding hydrogens is 500 g/mol. The van der Waals surface area contributed by atoms with Gasteiger partial charge in [-0.3, -0.25) is 0 Å². The molecule has 0 amide bonds. The summed E-state index contributed by atoms with van der Waals surface area (Å²) in [6.07, 6.45) is -5.77. The number of hydrogen-bond acceptors (Lipinski definition) is 11. The van der Waals surface area contributed by atoms with Crippen LogP contribution in [0.4, 0.5) is 0 Å². The zero-order valence-electron chi connectivity index (χ0n) is 23.3. The van der Waals surface area contributed by atoms with Crippen LogP contribution in [-0.2, 0) is 58.7 Å². The number of methoxy groups -OCH3 is 5. The van der Waals surface area contributed by atoms with Crippen LogP contribution in [0, 0.1) is 0 Å². The summed E-state index contributed by atoms with van der Waals surface area (Å²) in [6.45, 7) is 4.62. The molecule has 0 aliphatic carbocycles. The average Bonchev–Trinajstić information content (AvgIpc) is 2.92. The molecule has 0 saturated carbocycles. The van der Waals surface area contributed by atoms with Crippen LogP contribution in [0.1, 0.15) is 19.4 Å². The SMILES string of the molecule is COCC1O[C@H](OC)C(OCc2ccccc2)[C@@H](OC)[C@@H]1O[C@H]1O[C@H]2COC(C)(C)O[C@H]2C(OC)C1OC. The fraction of sp³-hybridized carbons (Fsp3) is 0.778. The first kappa shape index (κ1) is 29.8. The molecule has 3 saturated heterocycles. The van der Waals surface area contributed by atoms with Gasteiger partial charge in [-0.1, -0.05) is 30.3 Å². The molecule has 11 nitrogen and oxygen atoms in total. The van der Waals surface area contributed by atoms with E-state index in [0.29, 0.717) is 13.2 Å². The minimum Gasteiger partial charge on any atom is -0.382 e. The summed E-state index contributed by atoms with van der Waals surface area (Å²) < 4.78 is 66.3. The zero-order valence-corrected chi connectivity index (χ0v) is 23.3. The third-order valence-electron chi connectivity index (χ3n) is 7.15. The molecule has 4 rings (SSSR count). The van der Waals surface area contributed by atoms with Crippen molar-refractivity contribution in [2.75, 3.05) is 48.8 Å². The van der Waals surface area contributed by atoms with Crippen molar-refractivity contribution in [3.8, 4) is 0 Å². The van der Waals surface area contributed by atoms with E-state index in [0.717, 1.165) is 5.56 Å². The van der Waals surface area contributed by atoms with Gasteiger partial charge in [-0.15, -0.1) is 0 Å². The Labute approximate surface area is 224 Å². The molecule has 3 aliphatic heterocycles. The van der Waals surface area contributed by atoms with Gasteiger partial charge in [0.05, 0.1) is 19.8 Å². The minimum atomic E-state index is -0.834. The van der Waals surface area contributed by atoms with Crippen LogP contribution in [0.3, 0.4) is 0 Å². The van der Waals surface area contributed by atoms with Crippen molar-refractivity contribution >= 4 is 0 Å². The third kappa shape index (κ3) is 6.56. The topological polar surface area (TPSA) is 102 Å². The van der Waals surface area contributed by atoms with E-state index >= 15 is 0 Å². The second-order valence-electron chi connectivity index (χ2n) is 10.0. The summed E-state index contributed by atoms with van der Waals surface area (Å²) in [7, 11) is 7.98. The molecule has 3 fully saturated rings. The fourth-order valence-corrected chi connectivity index (χ4v) is 5.32. The van der Waals surface area contributed by atoms with Crippen LogP contribution in [0.25, 0.3) is 0 Å². The molecule has 0 radical (unpaired) electrons. The van der Waals surface area contributed by atoms with Crippen LogP contribution >= 0.6 is 0 Å². The molecule has 0 spiro atoms. The van der Waals surface area contributed by atoms with Crippen molar-refractivity contribution in [3.63, 3.8) is 0 Å². The standard InChI is InChI=1S/C27H42O11/c1-27(2)34-15-18-20(38-27)22(30-5)23(31-6)26(36-18)37-19-17(14-28-3)35-25(32-7)24(21(19)29-4)33-13-16-11-9-8-10-12-16/h8-12,17-26H,13-15H2,1-7H3/t17?,18-,19+,20+,21-,22?,23?,24?,25-,26+/m0/s1. The van der Waals surface area contributed by atoms with E-state index in [2.05, 4.69) is 0 Å². The second kappa shape index (κ2) is 13.4. The summed E-state index contributed by atoms with van der Waals surface area (Å²) in [6, 6.07) is 9.86. The molecule has 11 heteroatoms. The van der Waals surface area contributed by atoms with E-state index in [9.17, 15) is 0 Å². The molecule has 10 atom stereocenters. The van der Waals surface area contributed by atoms with E-state index in [4.69, 9.17) is 52.1 Å². The van der Waals surface area contributed by atoms with Crippen LogP contribution < -0.4 is 0 Å². The molecule has 0 aromatic heterocycles. The Morgan fingerprint density at radius 3 is 2.13 bits per heavy atom. The van der Waals surface area contributed by atoms with Crippen molar-refractivity contribution < 1.29 is 52.1 Å². The lowest BCUT2D eigenvalue weighted by atomic mass is 9.95. The van der Waals surface area contributed by atoms with Crippen LogP contribution in [0.5, 0.6) is 0 Å². The van der Waals surface area contributed by atoms with E-state index < -0.39 is 67.2 Å². The van der Waals surface area contributed by atoms with Gasteiger partial charge in [-0.2, -0.15) is 0 Å². The Hall–Kier alpha value is -1.22. The zero-order chi connectivity index (χ0) is 27.3. The van der Waals surface area contributed by atoms with Crippen LogP contribution in [0.2, 0.25) is 0 Å². The number of benzene rings is 1. The van der Waals surface area contributed by atoms with Crippen molar-refractivity contribution in [1.82, 2.24) is 0 Å². The van der Waals surface area contributed by atoms with Crippen molar-refractivity contribution in [2.24, 2.45) is 0 Å². The lowest BCUT2D eigenvalue weighted by Crippen LogP contribution is -2.68. The number of hydrogen-bond donors (Lipinski definition) is 0. The normalized spacial score (nSPS) is 39.0. The molecule has 4 unspecified atom stereocenters. The Morgan fingerprint density at radius 1 is 0.789 bits per heavy atom. The summed E-state index contributed by atoms with van der Waals surface area (Å²) in [5.41, 5.74) is 1.01. The van der Waals surface area contributed by atoms with Gasteiger partial charge in [-0.05, 0) is 19.4 Å². The van der Waals surface area contributed by atoms with Gasteiger partial charge in [0.15, 0.2) is 18.4 Å². The Kier molecular flexibility index (Phi) is 10.5. The van der Waals surface area contributed by atoms with Gasteiger partial charge in [0.25, 0.3) is 0 Å². The first-order chi connectivity index (χ1) is 18.3. The van der Waals surface area contributed by atoms with Crippen molar-refractivity contribution in [2.45, 2.75) is 87.7 Å². The van der Waals surface area contributed by atoms with Gasteiger partial charge in [0, 0.05) is 35.5 Å². The maximum absolute atomic E-state index is 6.61. The molecule has 0 bridgehead atoms. The van der Waals surface area contributed by atoms with E-state index in [1.165, 1.54) is 0 Å². The van der Waals surface area contributed by atoms with Gasteiger partial charge in [0.1, 0.15) is 48.8 Å². The van der Waals surface area contributed by atoms with Crippen molar-refractivity contribution in [3.05, 3.63) is 35.9 Å². The first-order valence-electron chi connectivity index (χ1n) is 12.9. The summed E-state index contributed by atoms with van der Waals surface area (Å²) >= 11 is 0. The molecule has 3 heterocycles. The Balaban J connectivity index is 1.56. The number of ether oxygens (including phenoxy) is 11. The van der Waals surface area contributed by atoms with Gasteiger partial charge in [0.2, 0.25) is 0 Å². The maximum Gasteiger partial charge on any atom is 0.187 e. The smallest absolute Gasteiger partial charge is 0.187 e. The van der Waals surface area contributed by atoms with Crippen molar-refractivity contribution in [1.29, 1.82) is 0 Å². The van der Waals surface area contributed by atoms with E-state index in [1.54, 1.807) is 35.5 Å². The number of rotatable bonds is 11. The summed E-state index contributed by atoms with van der Waals surface area (Å²) in [5, 5.41) is 0. The molecule has 3 aliphatic rings. The van der Waals surface area contributed by atoms with Gasteiger partial charge in [-0.25, -0.2) is 0 Å². The third-order valence-corrected chi connectivity index (χ3v) is 7.15. The molecule has 1 aromatic carbocycles. The van der Waals surface area contributed by atoms with Crippen LogP contribution in [0.15, 0.2) is 30.3 Å². The highest BCUT2D eigenvalue weighted by molar-refractivity contribution is 5.13. The molecule has 216 valence electrons. The van der Waals surface area contributed by atoms with E-state index in [-0.39, 0.29) is 6.61 Å². The van der Waals surface area contributed by atoms with Gasteiger partial charge < -0.3 is 52.1 Å². The average molecular weight is 543 g/mol. The Bertz CT molecular complexity index is 840. The maximum atomic E-state index is 6.61. The summed E-state index contributed by atoms with van der Waals surface area (Å²) in [5.74, 6) is -0.770. The molecule has 0 N–H and O–H groups in total. The number of fused-ring (bicyclic) bond motifs is 1. The second-order valence-corrected chi connectivity index (χ2v) is 10.0. The summed E-state index contributed by atoms with van der Waals surface area (Å²) in [4.78, 5) is 0. The highest BCUT2D eigenvalue weighted by Gasteiger charge is 2.55. The lowest BCUT2D eigenvalue weighted by molar-refractivity contribution is -0.403. The largest absolute Gasteiger partial charge is 0.382 e. The first-order valence-corrected chi connectivity index (χ1v) is 12.9. The quantitative estimate of drug-likeness (QED) is 0.410. The molecule has 38 heavy (non-hydrogen) atoms. The highest BCUT2D eigenvalue weighted by atomic mass is 16.8. The van der Waals surface area contributed by atoms with E-state index in [1.807, 2.05) is 44.2 Å². The lowest BCUT2D eigenvalue weighted by Gasteiger charge is -2.52. The highest BCUT2D eigenvalue weighted by Crippen LogP contribution is 2.37.